The van der Waals surface area contributed by atoms with Gasteiger partial charge in [0.1, 0.15) is 0 Å². The Morgan fingerprint density at radius 1 is 1.47 bits per heavy atom. The SMILES string of the molecule is CCCC(C)OCc1ccc(N)cc1Cl. The summed E-state index contributed by atoms with van der Waals surface area (Å²) in [6, 6.07) is 5.51. The fourth-order valence-corrected chi connectivity index (χ4v) is 1.65. The molecule has 0 saturated heterocycles. The topological polar surface area (TPSA) is 35.2 Å². The van der Waals surface area contributed by atoms with Gasteiger partial charge in [0.15, 0.2) is 0 Å². The van der Waals surface area contributed by atoms with E-state index < -0.39 is 0 Å². The summed E-state index contributed by atoms with van der Waals surface area (Å²) in [5, 5.41) is 0.679. The number of ether oxygens (including phenoxy) is 1. The zero-order valence-electron chi connectivity index (χ0n) is 9.29. The molecule has 2 N–H and O–H groups in total. The number of nitrogen functional groups attached to an aromatic ring is 1. The molecule has 0 aliphatic rings. The Kier molecular flexibility index (Phi) is 4.92. The molecule has 15 heavy (non-hydrogen) atoms. The van der Waals surface area contributed by atoms with E-state index in [1.165, 1.54) is 0 Å². The van der Waals surface area contributed by atoms with Gasteiger partial charge in [0.05, 0.1) is 12.7 Å². The Hall–Kier alpha value is -0.730. The number of rotatable bonds is 5. The molecule has 0 aliphatic carbocycles. The highest BCUT2D eigenvalue weighted by Crippen LogP contribution is 2.20. The molecular weight excluding hydrogens is 210 g/mol. The van der Waals surface area contributed by atoms with Crippen LogP contribution in [0.25, 0.3) is 0 Å². The Morgan fingerprint density at radius 2 is 2.20 bits per heavy atom. The molecule has 0 spiro atoms. The smallest absolute Gasteiger partial charge is 0.0734 e. The molecule has 0 aliphatic heterocycles. The van der Waals surface area contributed by atoms with E-state index in [0.717, 1.165) is 18.4 Å². The summed E-state index contributed by atoms with van der Waals surface area (Å²) >= 11 is 6.03. The molecule has 0 aromatic heterocycles. The van der Waals surface area contributed by atoms with Crippen LogP contribution in [0.1, 0.15) is 32.3 Å². The van der Waals surface area contributed by atoms with E-state index >= 15 is 0 Å². The molecule has 1 atom stereocenters. The monoisotopic (exact) mass is 227 g/mol. The van der Waals surface area contributed by atoms with Gasteiger partial charge in [-0.05, 0) is 31.0 Å². The molecule has 1 aromatic carbocycles. The Balaban J connectivity index is 2.50. The second-order valence-corrected chi connectivity index (χ2v) is 4.17. The van der Waals surface area contributed by atoms with E-state index in [4.69, 9.17) is 22.1 Å². The van der Waals surface area contributed by atoms with Gasteiger partial charge in [-0.2, -0.15) is 0 Å². The molecule has 0 amide bonds. The minimum Gasteiger partial charge on any atom is -0.399 e. The molecule has 0 heterocycles. The van der Waals surface area contributed by atoms with Crippen LogP contribution in [0, 0.1) is 0 Å². The first kappa shape index (κ1) is 12.3. The van der Waals surface area contributed by atoms with Crippen LogP contribution < -0.4 is 5.73 Å². The standard InChI is InChI=1S/C12H18ClNO/c1-3-4-9(2)15-8-10-5-6-11(14)7-12(10)13/h5-7,9H,3-4,8,14H2,1-2H3. The fraction of sp³-hybridized carbons (Fsp3) is 0.500. The third kappa shape index (κ3) is 4.10. The molecule has 0 saturated carbocycles. The lowest BCUT2D eigenvalue weighted by Crippen LogP contribution is -2.07. The van der Waals surface area contributed by atoms with Crippen LogP contribution in [0.5, 0.6) is 0 Å². The van der Waals surface area contributed by atoms with Crippen molar-refractivity contribution >= 4 is 17.3 Å². The second-order valence-electron chi connectivity index (χ2n) is 3.76. The van der Waals surface area contributed by atoms with Gasteiger partial charge < -0.3 is 10.5 Å². The van der Waals surface area contributed by atoms with Crippen LogP contribution in [0.3, 0.4) is 0 Å². The van der Waals surface area contributed by atoms with Gasteiger partial charge in [-0.25, -0.2) is 0 Å². The highest BCUT2D eigenvalue weighted by atomic mass is 35.5. The lowest BCUT2D eigenvalue weighted by atomic mass is 10.2. The lowest BCUT2D eigenvalue weighted by molar-refractivity contribution is 0.0472. The minimum absolute atomic E-state index is 0.281. The van der Waals surface area contributed by atoms with Crippen molar-refractivity contribution in [3.8, 4) is 0 Å². The molecule has 3 heteroatoms. The average Bonchev–Trinajstić information content (AvgIpc) is 2.17. The van der Waals surface area contributed by atoms with Gasteiger partial charge >= 0.3 is 0 Å². The van der Waals surface area contributed by atoms with Crippen molar-refractivity contribution in [2.75, 3.05) is 5.73 Å². The van der Waals surface area contributed by atoms with E-state index in [1.807, 2.05) is 12.1 Å². The van der Waals surface area contributed by atoms with E-state index in [1.54, 1.807) is 6.07 Å². The van der Waals surface area contributed by atoms with Crippen LogP contribution in [-0.4, -0.2) is 6.10 Å². The summed E-state index contributed by atoms with van der Waals surface area (Å²) in [6.45, 7) is 4.78. The zero-order chi connectivity index (χ0) is 11.3. The quantitative estimate of drug-likeness (QED) is 0.780. The summed E-state index contributed by atoms with van der Waals surface area (Å²) in [5.41, 5.74) is 7.29. The predicted molar refractivity (Wildman–Crippen MR) is 65.0 cm³/mol. The summed E-state index contributed by atoms with van der Waals surface area (Å²) in [6.07, 6.45) is 2.49. The minimum atomic E-state index is 0.281. The zero-order valence-corrected chi connectivity index (χ0v) is 10.1. The molecule has 1 aromatic rings. The maximum absolute atomic E-state index is 6.03. The summed E-state index contributed by atoms with van der Waals surface area (Å²) in [4.78, 5) is 0. The van der Waals surface area contributed by atoms with Crippen molar-refractivity contribution in [1.29, 1.82) is 0 Å². The molecule has 1 rings (SSSR count). The van der Waals surface area contributed by atoms with Crippen LogP contribution >= 0.6 is 11.6 Å². The Bertz CT molecular complexity index is 314. The number of hydrogen-bond donors (Lipinski definition) is 1. The second kappa shape index (κ2) is 5.99. The van der Waals surface area contributed by atoms with Gasteiger partial charge in [-0.3, -0.25) is 0 Å². The first-order chi connectivity index (χ1) is 7.13. The molecule has 2 nitrogen and oxygen atoms in total. The number of benzene rings is 1. The van der Waals surface area contributed by atoms with E-state index in [-0.39, 0.29) is 6.10 Å². The van der Waals surface area contributed by atoms with E-state index in [0.29, 0.717) is 17.3 Å². The normalized spacial score (nSPS) is 12.7. The van der Waals surface area contributed by atoms with Crippen LogP contribution in [0.2, 0.25) is 5.02 Å². The molecule has 1 unspecified atom stereocenters. The van der Waals surface area contributed by atoms with Crippen molar-refractivity contribution in [3.63, 3.8) is 0 Å². The maximum atomic E-state index is 6.03. The highest BCUT2D eigenvalue weighted by Gasteiger charge is 2.04. The highest BCUT2D eigenvalue weighted by molar-refractivity contribution is 6.31. The predicted octanol–water partition coefficient (Wildman–Crippen LogP) is 3.63. The maximum Gasteiger partial charge on any atom is 0.0734 e. The number of nitrogens with two attached hydrogens (primary N) is 1. The summed E-state index contributed by atoms with van der Waals surface area (Å²) in [7, 11) is 0. The molecule has 0 fully saturated rings. The van der Waals surface area contributed by atoms with E-state index in [2.05, 4.69) is 13.8 Å². The van der Waals surface area contributed by atoms with Crippen LogP contribution in [0.15, 0.2) is 18.2 Å². The van der Waals surface area contributed by atoms with Gasteiger partial charge in [-0.15, -0.1) is 0 Å². The summed E-state index contributed by atoms with van der Waals surface area (Å²) < 4.78 is 5.66. The third-order valence-corrected chi connectivity index (χ3v) is 2.65. The van der Waals surface area contributed by atoms with E-state index in [9.17, 15) is 0 Å². The third-order valence-electron chi connectivity index (χ3n) is 2.30. The first-order valence-corrected chi connectivity index (χ1v) is 5.66. The number of hydrogen-bond acceptors (Lipinski definition) is 2. The van der Waals surface area contributed by atoms with Crippen molar-refractivity contribution in [2.24, 2.45) is 0 Å². The Labute approximate surface area is 96.4 Å². The first-order valence-electron chi connectivity index (χ1n) is 5.29. The van der Waals surface area contributed by atoms with Crippen molar-refractivity contribution in [3.05, 3.63) is 28.8 Å². The van der Waals surface area contributed by atoms with Gasteiger partial charge in [0.2, 0.25) is 0 Å². The number of halogens is 1. The molecule has 0 radical (unpaired) electrons. The van der Waals surface area contributed by atoms with Crippen molar-refractivity contribution in [1.82, 2.24) is 0 Å². The van der Waals surface area contributed by atoms with Crippen molar-refractivity contribution < 1.29 is 4.74 Å². The van der Waals surface area contributed by atoms with Crippen LogP contribution in [0.4, 0.5) is 5.69 Å². The number of anilines is 1. The van der Waals surface area contributed by atoms with Gasteiger partial charge in [-0.1, -0.05) is 31.0 Å². The lowest BCUT2D eigenvalue weighted by Gasteiger charge is -2.12. The van der Waals surface area contributed by atoms with Crippen molar-refractivity contribution in [2.45, 2.75) is 39.4 Å². The largest absolute Gasteiger partial charge is 0.399 e. The molecule has 0 bridgehead atoms. The molecule has 84 valence electrons. The van der Waals surface area contributed by atoms with Gasteiger partial charge in [0.25, 0.3) is 0 Å². The Morgan fingerprint density at radius 3 is 2.80 bits per heavy atom. The van der Waals surface area contributed by atoms with Gasteiger partial charge in [0, 0.05) is 10.7 Å². The average molecular weight is 228 g/mol. The fourth-order valence-electron chi connectivity index (χ4n) is 1.40. The molecular formula is C12H18ClNO. The van der Waals surface area contributed by atoms with Crippen LogP contribution in [-0.2, 0) is 11.3 Å². The summed E-state index contributed by atoms with van der Waals surface area (Å²) in [5.74, 6) is 0.